The lowest BCUT2D eigenvalue weighted by Crippen LogP contribution is -2.36. The summed E-state index contributed by atoms with van der Waals surface area (Å²) in [5.41, 5.74) is 1.51. The highest BCUT2D eigenvalue weighted by molar-refractivity contribution is 5.90. The first-order chi connectivity index (χ1) is 9.81. The van der Waals surface area contributed by atoms with E-state index in [0.717, 1.165) is 18.4 Å². The Morgan fingerprint density at radius 2 is 2.15 bits per heavy atom. The third-order valence-electron chi connectivity index (χ3n) is 3.41. The van der Waals surface area contributed by atoms with Crippen molar-refractivity contribution in [3.63, 3.8) is 0 Å². The molecule has 1 aliphatic carbocycles. The van der Waals surface area contributed by atoms with Crippen LogP contribution in [0.3, 0.4) is 0 Å². The Bertz CT molecular complexity index is 576. The second-order valence-electron chi connectivity index (χ2n) is 4.90. The van der Waals surface area contributed by atoms with Crippen LogP contribution >= 0.6 is 0 Å². The van der Waals surface area contributed by atoms with E-state index in [2.05, 4.69) is 31.3 Å². The first-order valence-electron chi connectivity index (χ1n) is 6.73. The number of anilines is 1. The summed E-state index contributed by atoms with van der Waals surface area (Å²) in [7, 11) is 0. The minimum Gasteiger partial charge on any atom is -0.335 e. The quantitative estimate of drug-likeness (QED) is 0.795. The Balaban J connectivity index is 1.65. The summed E-state index contributed by atoms with van der Waals surface area (Å²) < 4.78 is 0. The summed E-state index contributed by atoms with van der Waals surface area (Å²) in [5.74, 6) is 0.504. The van der Waals surface area contributed by atoms with Gasteiger partial charge in [-0.05, 0) is 30.2 Å². The molecule has 2 amide bonds. The van der Waals surface area contributed by atoms with Crippen LogP contribution < -0.4 is 10.6 Å². The molecule has 7 nitrogen and oxygen atoms in total. The van der Waals surface area contributed by atoms with Crippen LogP contribution in [-0.2, 0) is 0 Å². The van der Waals surface area contributed by atoms with Crippen LogP contribution in [0.2, 0.25) is 0 Å². The number of nitrogens with zero attached hydrogens (tertiary/aromatic N) is 3. The fourth-order valence-electron chi connectivity index (χ4n) is 2.44. The first kappa shape index (κ1) is 12.6. The van der Waals surface area contributed by atoms with E-state index in [1.807, 2.05) is 24.3 Å². The van der Waals surface area contributed by atoms with E-state index in [1.54, 1.807) is 0 Å². The number of hydrogen-bond acceptors (Lipinski definition) is 4. The smallest absolute Gasteiger partial charge is 0.319 e. The number of benzene rings is 1. The average Bonchev–Trinajstić information content (AvgIpc) is 3.11. The molecule has 20 heavy (non-hydrogen) atoms. The topological polar surface area (TPSA) is 95.6 Å². The Kier molecular flexibility index (Phi) is 3.58. The number of aromatic amines is 1. The zero-order chi connectivity index (χ0) is 13.8. The van der Waals surface area contributed by atoms with E-state index < -0.39 is 0 Å². The molecule has 1 aromatic heterocycles. The second-order valence-corrected chi connectivity index (χ2v) is 4.90. The Morgan fingerprint density at radius 1 is 1.30 bits per heavy atom. The minimum atomic E-state index is -0.165. The van der Waals surface area contributed by atoms with E-state index in [4.69, 9.17) is 0 Å². The molecule has 1 aliphatic rings. The molecule has 0 aliphatic heterocycles. The standard InChI is InChI=1S/C13H16N6O/c20-13(14-10-5-1-2-6-10)15-11-7-3-4-9(8-11)12-16-18-19-17-12/h3-4,7-8,10H,1-2,5-6H2,(H2,14,15,20)(H,16,17,18,19). The zero-order valence-electron chi connectivity index (χ0n) is 11.0. The average molecular weight is 272 g/mol. The molecule has 1 heterocycles. The third-order valence-corrected chi connectivity index (χ3v) is 3.41. The highest BCUT2D eigenvalue weighted by Crippen LogP contribution is 2.19. The van der Waals surface area contributed by atoms with Gasteiger partial charge in [0.25, 0.3) is 0 Å². The van der Waals surface area contributed by atoms with E-state index in [0.29, 0.717) is 17.6 Å². The Labute approximate surface area is 116 Å². The van der Waals surface area contributed by atoms with Crippen molar-refractivity contribution in [2.45, 2.75) is 31.7 Å². The molecular weight excluding hydrogens is 256 g/mol. The molecule has 1 aromatic carbocycles. The summed E-state index contributed by atoms with van der Waals surface area (Å²) in [6, 6.07) is 7.50. The number of tetrazole rings is 1. The van der Waals surface area contributed by atoms with Gasteiger partial charge in [0, 0.05) is 17.3 Å². The summed E-state index contributed by atoms with van der Waals surface area (Å²) in [5, 5.41) is 19.6. The van der Waals surface area contributed by atoms with Crippen molar-refractivity contribution in [1.29, 1.82) is 0 Å². The molecule has 104 valence electrons. The first-order valence-corrected chi connectivity index (χ1v) is 6.73. The van der Waals surface area contributed by atoms with Gasteiger partial charge < -0.3 is 10.6 Å². The number of amides is 2. The molecule has 0 radical (unpaired) electrons. The third kappa shape index (κ3) is 2.93. The van der Waals surface area contributed by atoms with Crippen molar-refractivity contribution >= 4 is 11.7 Å². The summed E-state index contributed by atoms with van der Waals surface area (Å²) in [6.07, 6.45) is 4.52. The predicted molar refractivity (Wildman–Crippen MR) is 74.0 cm³/mol. The Hall–Kier alpha value is -2.44. The molecule has 7 heteroatoms. The van der Waals surface area contributed by atoms with Crippen LogP contribution in [0.5, 0.6) is 0 Å². The molecule has 0 bridgehead atoms. The van der Waals surface area contributed by atoms with Crippen LogP contribution in [0.4, 0.5) is 10.5 Å². The van der Waals surface area contributed by atoms with Gasteiger partial charge in [-0.25, -0.2) is 4.79 Å². The zero-order valence-corrected chi connectivity index (χ0v) is 11.0. The molecule has 3 N–H and O–H groups in total. The lowest BCUT2D eigenvalue weighted by molar-refractivity contribution is 0.248. The maximum Gasteiger partial charge on any atom is 0.319 e. The van der Waals surface area contributed by atoms with Gasteiger partial charge in [0.2, 0.25) is 5.82 Å². The number of carbonyl (C=O) groups excluding carboxylic acids is 1. The molecule has 2 aromatic rings. The molecule has 0 atom stereocenters. The SMILES string of the molecule is O=C(Nc1cccc(-c2nn[nH]n2)c1)NC1CCCC1. The van der Waals surface area contributed by atoms with Crippen molar-refractivity contribution < 1.29 is 4.79 Å². The van der Waals surface area contributed by atoms with Crippen LogP contribution in [0.15, 0.2) is 24.3 Å². The number of carbonyl (C=O) groups is 1. The van der Waals surface area contributed by atoms with Crippen LogP contribution in [0.25, 0.3) is 11.4 Å². The van der Waals surface area contributed by atoms with Gasteiger partial charge in [-0.1, -0.05) is 25.0 Å². The van der Waals surface area contributed by atoms with Crippen molar-refractivity contribution in [3.05, 3.63) is 24.3 Å². The highest BCUT2D eigenvalue weighted by Gasteiger charge is 2.17. The van der Waals surface area contributed by atoms with Crippen molar-refractivity contribution in [3.8, 4) is 11.4 Å². The molecule has 0 spiro atoms. The van der Waals surface area contributed by atoms with Crippen LogP contribution in [0, 0.1) is 0 Å². The second kappa shape index (κ2) is 5.68. The number of nitrogens with one attached hydrogen (secondary N) is 3. The number of hydrogen-bond donors (Lipinski definition) is 3. The van der Waals surface area contributed by atoms with Gasteiger partial charge in [-0.3, -0.25) is 0 Å². The Morgan fingerprint density at radius 3 is 2.90 bits per heavy atom. The number of rotatable bonds is 3. The van der Waals surface area contributed by atoms with E-state index in [-0.39, 0.29) is 6.03 Å². The van der Waals surface area contributed by atoms with Gasteiger partial charge in [0.1, 0.15) is 0 Å². The predicted octanol–water partition coefficient (Wildman–Crippen LogP) is 1.93. The maximum absolute atomic E-state index is 11.9. The van der Waals surface area contributed by atoms with Gasteiger partial charge in [0.05, 0.1) is 0 Å². The van der Waals surface area contributed by atoms with E-state index in [9.17, 15) is 4.79 Å². The lowest BCUT2D eigenvalue weighted by atomic mass is 10.2. The molecule has 0 saturated heterocycles. The van der Waals surface area contributed by atoms with Crippen molar-refractivity contribution in [2.24, 2.45) is 0 Å². The fourth-order valence-corrected chi connectivity index (χ4v) is 2.44. The maximum atomic E-state index is 11.9. The number of urea groups is 1. The normalized spacial score (nSPS) is 15.2. The summed E-state index contributed by atoms with van der Waals surface area (Å²) >= 11 is 0. The van der Waals surface area contributed by atoms with E-state index >= 15 is 0 Å². The number of H-pyrrole nitrogens is 1. The monoisotopic (exact) mass is 272 g/mol. The largest absolute Gasteiger partial charge is 0.335 e. The van der Waals surface area contributed by atoms with Gasteiger partial charge in [-0.15, -0.1) is 10.2 Å². The van der Waals surface area contributed by atoms with Gasteiger partial charge in [-0.2, -0.15) is 5.21 Å². The van der Waals surface area contributed by atoms with Gasteiger partial charge in [0.15, 0.2) is 0 Å². The van der Waals surface area contributed by atoms with Crippen LogP contribution in [0.1, 0.15) is 25.7 Å². The molecule has 3 rings (SSSR count). The number of aromatic nitrogens is 4. The fraction of sp³-hybridized carbons (Fsp3) is 0.385. The molecule has 0 unspecified atom stereocenters. The molecular formula is C13H16N6O. The molecule has 1 fully saturated rings. The van der Waals surface area contributed by atoms with Gasteiger partial charge >= 0.3 is 6.03 Å². The summed E-state index contributed by atoms with van der Waals surface area (Å²) in [6.45, 7) is 0. The lowest BCUT2D eigenvalue weighted by Gasteiger charge is -2.13. The minimum absolute atomic E-state index is 0.165. The van der Waals surface area contributed by atoms with Crippen LogP contribution in [-0.4, -0.2) is 32.7 Å². The molecule has 1 saturated carbocycles. The van der Waals surface area contributed by atoms with E-state index in [1.165, 1.54) is 12.8 Å². The van der Waals surface area contributed by atoms with Crippen molar-refractivity contribution in [2.75, 3.05) is 5.32 Å². The highest BCUT2D eigenvalue weighted by atomic mass is 16.2. The van der Waals surface area contributed by atoms with Crippen molar-refractivity contribution in [1.82, 2.24) is 25.9 Å². The summed E-state index contributed by atoms with van der Waals surface area (Å²) in [4.78, 5) is 11.9.